The predicted octanol–water partition coefficient (Wildman–Crippen LogP) is 2.56. The number of amides is 1. The van der Waals surface area contributed by atoms with Crippen molar-refractivity contribution >= 4 is 11.9 Å². The van der Waals surface area contributed by atoms with Crippen molar-refractivity contribution in [1.29, 1.82) is 0 Å². The Bertz CT molecular complexity index is 793. The fraction of sp³-hybridized carbons (Fsp3) is 0.409. The van der Waals surface area contributed by atoms with E-state index in [9.17, 15) is 9.59 Å². The molecular formula is C22H29N3O5. The highest BCUT2D eigenvalue weighted by Gasteiger charge is 2.17. The lowest BCUT2D eigenvalue weighted by Crippen LogP contribution is -2.36. The number of hydrogen-bond acceptors (Lipinski definition) is 7. The van der Waals surface area contributed by atoms with E-state index in [0.717, 1.165) is 18.4 Å². The van der Waals surface area contributed by atoms with Crippen molar-refractivity contribution < 1.29 is 24.3 Å². The first-order chi connectivity index (χ1) is 14.5. The Hall–Kier alpha value is -2.97. The number of rotatable bonds is 12. The minimum atomic E-state index is -0.832. The molecule has 0 bridgehead atoms. The molecule has 0 aliphatic carbocycles. The molecule has 0 saturated heterocycles. The first kappa shape index (κ1) is 23.3. The molecule has 0 aliphatic heterocycles. The Morgan fingerprint density at radius 3 is 2.50 bits per heavy atom. The summed E-state index contributed by atoms with van der Waals surface area (Å²) >= 11 is 0. The van der Waals surface area contributed by atoms with E-state index >= 15 is 0 Å². The lowest BCUT2D eigenvalue weighted by Gasteiger charge is -2.12. The minimum Gasteiger partial charge on any atom is -0.492 e. The van der Waals surface area contributed by atoms with Crippen LogP contribution in [-0.4, -0.2) is 34.7 Å². The molecule has 0 fully saturated rings. The quantitative estimate of drug-likeness (QED) is 0.160. The SMILES string of the molecule is CCCCOc1ccc(CC(N)C(=O)Oc2ccc(CCCC(=O)NO)cc2)nc1. The number of ether oxygens (including phenoxy) is 2. The Morgan fingerprint density at radius 2 is 1.87 bits per heavy atom. The number of nitrogens with zero attached hydrogens (tertiary/aromatic N) is 1. The van der Waals surface area contributed by atoms with Crippen LogP contribution in [0.2, 0.25) is 0 Å². The minimum absolute atomic E-state index is 0.238. The molecule has 0 saturated carbocycles. The summed E-state index contributed by atoms with van der Waals surface area (Å²) in [5, 5.41) is 8.47. The van der Waals surface area contributed by atoms with Crippen molar-refractivity contribution in [2.75, 3.05) is 6.61 Å². The van der Waals surface area contributed by atoms with Crippen LogP contribution < -0.4 is 20.7 Å². The maximum absolute atomic E-state index is 12.3. The number of carbonyl (C=O) groups excluding carboxylic acids is 2. The molecule has 4 N–H and O–H groups in total. The van der Waals surface area contributed by atoms with Crippen LogP contribution in [0.25, 0.3) is 0 Å². The molecule has 162 valence electrons. The van der Waals surface area contributed by atoms with Crippen LogP contribution in [-0.2, 0) is 22.4 Å². The summed E-state index contributed by atoms with van der Waals surface area (Å²) in [6.07, 6.45) is 5.46. The molecule has 1 heterocycles. The molecular weight excluding hydrogens is 386 g/mol. The van der Waals surface area contributed by atoms with Crippen LogP contribution in [0.5, 0.6) is 11.5 Å². The van der Waals surface area contributed by atoms with Gasteiger partial charge in [-0.2, -0.15) is 0 Å². The Labute approximate surface area is 176 Å². The van der Waals surface area contributed by atoms with Gasteiger partial charge in [0.05, 0.1) is 12.8 Å². The lowest BCUT2D eigenvalue weighted by atomic mass is 10.1. The van der Waals surface area contributed by atoms with Crippen LogP contribution in [0.15, 0.2) is 42.6 Å². The fourth-order valence-electron chi connectivity index (χ4n) is 2.69. The summed E-state index contributed by atoms with van der Waals surface area (Å²) in [7, 11) is 0. The maximum Gasteiger partial charge on any atom is 0.328 e. The average Bonchev–Trinajstić information content (AvgIpc) is 2.76. The third-order valence-electron chi connectivity index (χ3n) is 4.43. The molecule has 0 radical (unpaired) electrons. The molecule has 2 rings (SSSR count). The molecule has 8 nitrogen and oxygen atoms in total. The van der Waals surface area contributed by atoms with E-state index in [1.807, 2.05) is 18.2 Å². The van der Waals surface area contributed by atoms with Gasteiger partial charge in [0.15, 0.2) is 0 Å². The molecule has 30 heavy (non-hydrogen) atoms. The maximum atomic E-state index is 12.3. The zero-order valence-electron chi connectivity index (χ0n) is 17.2. The smallest absolute Gasteiger partial charge is 0.328 e. The van der Waals surface area contributed by atoms with Gasteiger partial charge in [-0.05, 0) is 49.1 Å². The molecule has 1 aromatic carbocycles. The first-order valence-corrected chi connectivity index (χ1v) is 10.1. The van der Waals surface area contributed by atoms with Gasteiger partial charge in [-0.15, -0.1) is 0 Å². The van der Waals surface area contributed by atoms with E-state index in [4.69, 9.17) is 20.4 Å². The van der Waals surface area contributed by atoms with Crippen molar-refractivity contribution in [1.82, 2.24) is 10.5 Å². The highest BCUT2D eigenvalue weighted by atomic mass is 16.5. The van der Waals surface area contributed by atoms with E-state index in [1.165, 1.54) is 0 Å². The fourth-order valence-corrected chi connectivity index (χ4v) is 2.69. The summed E-state index contributed by atoms with van der Waals surface area (Å²) in [5.41, 5.74) is 9.25. The second kappa shape index (κ2) is 12.6. The van der Waals surface area contributed by atoms with Gasteiger partial charge in [-0.1, -0.05) is 25.5 Å². The second-order valence-electron chi connectivity index (χ2n) is 6.95. The van der Waals surface area contributed by atoms with E-state index in [0.29, 0.717) is 36.6 Å². The van der Waals surface area contributed by atoms with Gasteiger partial charge in [0.25, 0.3) is 0 Å². The standard InChI is InChI=1S/C22H29N3O5/c1-2-3-13-29-19-12-9-17(24-15-19)14-20(23)22(27)30-18-10-7-16(8-11-18)5-4-6-21(26)25-28/h7-12,15,20,28H,2-6,13-14,23H2,1H3,(H,25,26). The van der Waals surface area contributed by atoms with Gasteiger partial charge in [0.2, 0.25) is 5.91 Å². The molecule has 1 unspecified atom stereocenters. The number of benzene rings is 1. The van der Waals surface area contributed by atoms with E-state index < -0.39 is 17.9 Å². The Kier molecular flexibility index (Phi) is 9.76. The van der Waals surface area contributed by atoms with Gasteiger partial charge in [0, 0.05) is 18.5 Å². The van der Waals surface area contributed by atoms with E-state index in [-0.39, 0.29) is 12.8 Å². The summed E-state index contributed by atoms with van der Waals surface area (Å²) < 4.78 is 10.9. The third-order valence-corrected chi connectivity index (χ3v) is 4.43. The monoisotopic (exact) mass is 415 g/mol. The Morgan fingerprint density at radius 1 is 1.13 bits per heavy atom. The molecule has 1 atom stereocenters. The number of pyridine rings is 1. The van der Waals surface area contributed by atoms with Crippen LogP contribution >= 0.6 is 0 Å². The van der Waals surface area contributed by atoms with Gasteiger partial charge < -0.3 is 15.2 Å². The number of unbranched alkanes of at least 4 members (excludes halogenated alkanes) is 1. The van der Waals surface area contributed by atoms with Crippen molar-refractivity contribution in [2.24, 2.45) is 5.73 Å². The van der Waals surface area contributed by atoms with Crippen molar-refractivity contribution in [3.05, 3.63) is 53.9 Å². The lowest BCUT2D eigenvalue weighted by molar-refractivity contribution is -0.135. The predicted molar refractivity (Wildman–Crippen MR) is 111 cm³/mol. The topological polar surface area (TPSA) is 124 Å². The largest absolute Gasteiger partial charge is 0.492 e. The zero-order chi connectivity index (χ0) is 21.8. The molecule has 8 heteroatoms. The normalized spacial score (nSPS) is 11.6. The highest BCUT2D eigenvalue weighted by molar-refractivity contribution is 5.78. The molecule has 1 amide bonds. The average molecular weight is 415 g/mol. The summed E-state index contributed by atoms with van der Waals surface area (Å²) in [6, 6.07) is 9.80. The molecule has 0 aliphatic rings. The molecule has 0 spiro atoms. The third kappa shape index (κ3) is 8.18. The van der Waals surface area contributed by atoms with Crippen molar-refractivity contribution in [3.8, 4) is 11.5 Å². The van der Waals surface area contributed by atoms with Crippen LogP contribution in [0.4, 0.5) is 0 Å². The van der Waals surface area contributed by atoms with Gasteiger partial charge >= 0.3 is 5.97 Å². The highest BCUT2D eigenvalue weighted by Crippen LogP contribution is 2.16. The second-order valence-corrected chi connectivity index (χ2v) is 6.95. The summed E-state index contributed by atoms with van der Waals surface area (Å²) in [6.45, 7) is 2.75. The van der Waals surface area contributed by atoms with E-state index in [2.05, 4.69) is 11.9 Å². The van der Waals surface area contributed by atoms with Crippen LogP contribution in [0.3, 0.4) is 0 Å². The van der Waals surface area contributed by atoms with Crippen LogP contribution in [0, 0.1) is 0 Å². The van der Waals surface area contributed by atoms with Crippen molar-refractivity contribution in [2.45, 2.75) is 51.5 Å². The first-order valence-electron chi connectivity index (χ1n) is 10.1. The number of aromatic nitrogens is 1. The summed E-state index contributed by atoms with van der Waals surface area (Å²) in [4.78, 5) is 27.5. The number of nitrogens with two attached hydrogens (primary N) is 1. The van der Waals surface area contributed by atoms with Gasteiger partial charge in [0.1, 0.15) is 17.5 Å². The van der Waals surface area contributed by atoms with Crippen molar-refractivity contribution in [3.63, 3.8) is 0 Å². The molecule has 2 aromatic rings. The number of aryl methyl sites for hydroxylation is 1. The van der Waals surface area contributed by atoms with E-state index in [1.54, 1.807) is 29.9 Å². The number of carbonyl (C=O) groups is 2. The zero-order valence-corrected chi connectivity index (χ0v) is 17.2. The number of hydroxylamine groups is 1. The van der Waals surface area contributed by atoms with Gasteiger partial charge in [-0.25, -0.2) is 10.3 Å². The Balaban J connectivity index is 1.78. The van der Waals surface area contributed by atoms with Crippen LogP contribution in [0.1, 0.15) is 43.9 Å². The molecule has 1 aromatic heterocycles. The number of esters is 1. The summed E-state index contributed by atoms with van der Waals surface area (Å²) in [5.74, 6) is 0.149. The number of hydrogen-bond donors (Lipinski definition) is 3. The van der Waals surface area contributed by atoms with Gasteiger partial charge in [-0.3, -0.25) is 15.0 Å². The number of nitrogens with one attached hydrogen (secondary N) is 1.